The number of aliphatic hydroxyl groups is 1. The molecule has 3 N–H and O–H groups in total. The SMILES string of the molecule is O=C(CCCCCNC(=O)COCc1ccc(F)cc1)NC[C@H](O)c1ccccc1. The molecular formula is C23H29FN2O4. The van der Waals surface area contributed by atoms with E-state index in [2.05, 4.69) is 10.6 Å². The third kappa shape index (κ3) is 9.62. The van der Waals surface area contributed by atoms with Gasteiger partial charge >= 0.3 is 0 Å². The lowest BCUT2D eigenvalue weighted by Gasteiger charge is -2.12. The Labute approximate surface area is 176 Å². The Kier molecular flexibility index (Phi) is 10.5. The van der Waals surface area contributed by atoms with Gasteiger partial charge in [0.25, 0.3) is 0 Å². The summed E-state index contributed by atoms with van der Waals surface area (Å²) in [6.45, 7) is 0.912. The summed E-state index contributed by atoms with van der Waals surface area (Å²) in [5.41, 5.74) is 1.58. The second kappa shape index (κ2) is 13.5. The molecule has 30 heavy (non-hydrogen) atoms. The van der Waals surface area contributed by atoms with E-state index < -0.39 is 6.10 Å². The van der Waals surface area contributed by atoms with Gasteiger partial charge in [-0.25, -0.2) is 4.39 Å². The van der Waals surface area contributed by atoms with Crippen LogP contribution in [0.15, 0.2) is 54.6 Å². The molecule has 162 valence electrons. The lowest BCUT2D eigenvalue weighted by atomic mass is 10.1. The van der Waals surface area contributed by atoms with Gasteiger partial charge < -0.3 is 20.5 Å². The zero-order chi connectivity index (χ0) is 21.6. The van der Waals surface area contributed by atoms with Gasteiger partial charge in [-0.3, -0.25) is 9.59 Å². The van der Waals surface area contributed by atoms with Gasteiger partial charge in [-0.05, 0) is 36.1 Å². The van der Waals surface area contributed by atoms with Crippen LogP contribution in [0.4, 0.5) is 4.39 Å². The molecule has 0 aliphatic rings. The third-order valence-corrected chi connectivity index (χ3v) is 4.49. The summed E-state index contributed by atoms with van der Waals surface area (Å²) < 4.78 is 18.1. The van der Waals surface area contributed by atoms with E-state index in [0.717, 1.165) is 24.0 Å². The molecule has 0 spiro atoms. The number of carbonyl (C=O) groups is 2. The van der Waals surface area contributed by atoms with E-state index in [1.807, 2.05) is 30.3 Å². The standard InChI is InChI=1S/C23H29FN2O4/c24-20-12-10-18(11-13-20)16-30-17-23(29)25-14-6-2-5-9-22(28)26-15-21(27)19-7-3-1-4-8-19/h1,3-4,7-8,10-13,21,27H,2,5-6,9,14-17H2,(H,25,29)(H,26,28)/t21-/m0/s1. The van der Waals surface area contributed by atoms with Crippen molar-refractivity contribution >= 4 is 11.8 Å². The van der Waals surface area contributed by atoms with E-state index in [-0.39, 0.29) is 37.4 Å². The van der Waals surface area contributed by atoms with Crippen LogP contribution in [-0.2, 0) is 20.9 Å². The van der Waals surface area contributed by atoms with E-state index >= 15 is 0 Å². The first-order chi connectivity index (χ1) is 14.5. The maximum absolute atomic E-state index is 12.8. The van der Waals surface area contributed by atoms with Crippen molar-refractivity contribution in [2.75, 3.05) is 19.7 Å². The summed E-state index contributed by atoms with van der Waals surface area (Å²) >= 11 is 0. The van der Waals surface area contributed by atoms with Crippen LogP contribution in [0, 0.1) is 5.82 Å². The molecule has 0 fully saturated rings. The first-order valence-corrected chi connectivity index (χ1v) is 10.1. The van der Waals surface area contributed by atoms with Crippen LogP contribution in [0.1, 0.15) is 42.9 Å². The molecule has 0 aliphatic heterocycles. The van der Waals surface area contributed by atoms with Crippen LogP contribution in [-0.4, -0.2) is 36.6 Å². The normalized spacial score (nSPS) is 11.7. The van der Waals surface area contributed by atoms with E-state index in [1.54, 1.807) is 12.1 Å². The van der Waals surface area contributed by atoms with Crippen molar-refractivity contribution in [3.8, 4) is 0 Å². The van der Waals surface area contributed by atoms with Crippen molar-refractivity contribution in [3.63, 3.8) is 0 Å². The number of amides is 2. The minimum Gasteiger partial charge on any atom is -0.387 e. The minimum absolute atomic E-state index is 0.0521. The summed E-state index contributed by atoms with van der Waals surface area (Å²) in [6.07, 6.45) is 1.96. The van der Waals surface area contributed by atoms with Gasteiger partial charge in [0.05, 0.1) is 12.7 Å². The number of hydrogen-bond donors (Lipinski definition) is 3. The predicted molar refractivity (Wildman–Crippen MR) is 112 cm³/mol. The monoisotopic (exact) mass is 416 g/mol. The smallest absolute Gasteiger partial charge is 0.246 e. The molecule has 0 unspecified atom stereocenters. The molecule has 2 rings (SSSR count). The van der Waals surface area contributed by atoms with Gasteiger partial charge in [0.1, 0.15) is 12.4 Å². The van der Waals surface area contributed by atoms with Crippen molar-refractivity contribution in [1.29, 1.82) is 0 Å². The van der Waals surface area contributed by atoms with E-state index in [9.17, 15) is 19.1 Å². The van der Waals surface area contributed by atoms with E-state index in [1.165, 1.54) is 12.1 Å². The van der Waals surface area contributed by atoms with Crippen molar-refractivity contribution in [3.05, 3.63) is 71.5 Å². The quantitative estimate of drug-likeness (QED) is 0.438. The topological polar surface area (TPSA) is 87.7 Å². The first kappa shape index (κ1) is 23.5. The number of halogens is 1. The molecule has 0 radical (unpaired) electrons. The summed E-state index contributed by atoms with van der Waals surface area (Å²) in [5.74, 6) is -0.605. The van der Waals surface area contributed by atoms with Gasteiger partial charge in [-0.2, -0.15) is 0 Å². The Bertz CT molecular complexity index is 769. The van der Waals surface area contributed by atoms with Crippen LogP contribution >= 0.6 is 0 Å². The minimum atomic E-state index is -0.712. The van der Waals surface area contributed by atoms with Gasteiger partial charge in [-0.1, -0.05) is 48.9 Å². The van der Waals surface area contributed by atoms with Gasteiger partial charge in [0.15, 0.2) is 0 Å². The third-order valence-electron chi connectivity index (χ3n) is 4.49. The average molecular weight is 416 g/mol. The number of ether oxygens (including phenoxy) is 1. The second-order valence-corrected chi connectivity index (χ2v) is 7.01. The van der Waals surface area contributed by atoms with Crippen molar-refractivity contribution < 1.29 is 23.8 Å². The molecule has 0 aromatic heterocycles. The number of unbranched alkanes of at least 4 members (excludes halogenated alkanes) is 2. The summed E-state index contributed by atoms with van der Waals surface area (Å²) in [6, 6.07) is 15.1. The molecule has 2 amide bonds. The summed E-state index contributed by atoms with van der Waals surface area (Å²) in [7, 11) is 0. The van der Waals surface area contributed by atoms with E-state index in [4.69, 9.17) is 4.74 Å². The molecule has 0 heterocycles. The highest BCUT2D eigenvalue weighted by atomic mass is 19.1. The maximum atomic E-state index is 12.8. The zero-order valence-electron chi connectivity index (χ0n) is 17.0. The fourth-order valence-electron chi connectivity index (χ4n) is 2.80. The van der Waals surface area contributed by atoms with Gasteiger partial charge in [0, 0.05) is 19.5 Å². The molecule has 2 aromatic carbocycles. The van der Waals surface area contributed by atoms with Crippen LogP contribution in [0.5, 0.6) is 0 Å². The fraction of sp³-hybridized carbons (Fsp3) is 0.391. The van der Waals surface area contributed by atoms with E-state index in [0.29, 0.717) is 19.4 Å². The van der Waals surface area contributed by atoms with Gasteiger partial charge in [-0.15, -0.1) is 0 Å². The molecule has 6 nitrogen and oxygen atoms in total. The Morgan fingerprint density at radius 1 is 0.933 bits per heavy atom. The highest BCUT2D eigenvalue weighted by molar-refractivity contribution is 5.77. The fourth-order valence-corrected chi connectivity index (χ4v) is 2.80. The molecule has 0 saturated heterocycles. The molecule has 7 heteroatoms. The maximum Gasteiger partial charge on any atom is 0.246 e. The average Bonchev–Trinajstić information content (AvgIpc) is 2.76. The molecular weight excluding hydrogens is 387 g/mol. The summed E-state index contributed by atoms with van der Waals surface area (Å²) in [5, 5.41) is 15.5. The van der Waals surface area contributed by atoms with Crippen molar-refractivity contribution in [2.45, 2.75) is 38.4 Å². The van der Waals surface area contributed by atoms with Crippen LogP contribution in [0.25, 0.3) is 0 Å². The largest absolute Gasteiger partial charge is 0.387 e. The molecule has 0 aliphatic carbocycles. The molecule has 0 saturated carbocycles. The lowest BCUT2D eigenvalue weighted by Crippen LogP contribution is -2.29. The van der Waals surface area contributed by atoms with Crippen LogP contribution in [0.3, 0.4) is 0 Å². The van der Waals surface area contributed by atoms with Crippen LogP contribution < -0.4 is 10.6 Å². The predicted octanol–water partition coefficient (Wildman–Crippen LogP) is 2.87. The Morgan fingerprint density at radius 2 is 1.67 bits per heavy atom. The lowest BCUT2D eigenvalue weighted by molar-refractivity contribution is -0.126. The van der Waals surface area contributed by atoms with Crippen LogP contribution in [0.2, 0.25) is 0 Å². The number of hydrogen-bond acceptors (Lipinski definition) is 4. The first-order valence-electron chi connectivity index (χ1n) is 10.1. The molecule has 1 atom stereocenters. The van der Waals surface area contributed by atoms with Crippen molar-refractivity contribution in [2.24, 2.45) is 0 Å². The van der Waals surface area contributed by atoms with Crippen molar-refractivity contribution in [1.82, 2.24) is 10.6 Å². The highest BCUT2D eigenvalue weighted by Gasteiger charge is 2.09. The summed E-state index contributed by atoms with van der Waals surface area (Å²) in [4.78, 5) is 23.6. The zero-order valence-corrected chi connectivity index (χ0v) is 17.0. The Morgan fingerprint density at radius 3 is 2.40 bits per heavy atom. The number of nitrogens with one attached hydrogen (secondary N) is 2. The highest BCUT2D eigenvalue weighted by Crippen LogP contribution is 2.10. The number of rotatable bonds is 13. The second-order valence-electron chi connectivity index (χ2n) is 7.01. The Balaban J connectivity index is 1.44. The molecule has 0 bridgehead atoms. The Hall–Kier alpha value is -2.77. The van der Waals surface area contributed by atoms with Gasteiger partial charge in [0.2, 0.25) is 11.8 Å². The number of benzene rings is 2. The number of carbonyl (C=O) groups excluding carboxylic acids is 2. The number of aliphatic hydroxyl groups excluding tert-OH is 1. The molecule has 2 aromatic rings.